The number of nitrogens with one attached hydrogen (secondary N) is 1. The van der Waals surface area contributed by atoms with Crippen LogP contribution in [0.1, 0.15) is 12.8 Å². The van der Waals surface area contributed by atoms with Crippen molar-refractivity contribution in [3.05, 3.63) is 46.5 Å². The Bertz CT molecular complexity index is 937. The molecule has 10 nitrogen and oxygen atoms in total. The lowest BCUT2D eigenvalue weighted by Crippen LogP contribution is -2.50. The van der Waals surface area contributed by atoms with Gasteiger partial charge in [0.25, 0.3) is 0 Å². The quantitative estimate of drug-likeness (QED) is 0.579. The van der Waals surface area contributed by atoms with E-state index in [0.717, 1.165) is 37.4 Å². The van der Waals surface area contributed by atoms with Gasteiger partial charge in [0.2, 0.25) is 5.82 Å². The van der Waals surface area contributed by atoms with Crippen molar-refractivity contribution in [1.82, 2.24) is 9.88 Å². The molecule has 0 spiro atoms. The first-order valence-corrected chi connectivity index (χ1v) is 10.4. The third-order valence-corrected chi connectivity index (χ3v) is 5.72. The van der Waals surface area contributed by atoms with Gasteiger partial charge >= 0.3 is 11.7 Å². The molecule has 3 heterocycles. The van der Waals surface area contributed by atoms with Crippen molar-refractivity contribution >= 4 is 29.0 Å². The lowest BCUT2D eigenvalue weighted by atomic mass is 10.2. The van der Waals surface area contributed by atoms with E-state index in [9.17, 15) is 14.9 Å². The third kappa shape index (κ3) is 4.62. The smallest absolute Gasteiger partial charge is 0.323 e. The molecule has 164 valence electrons. The number of benzene rings is 1. The molecule has 0 aliphatic carbocycles. The zero-order valence-electron chi connectivity index (χ0n) is 17.5. The van der Waals surface area contributed by atoms with Gasteiger partial charge in [-0.3, -0.25) is 15.4 Å². The average Bonchev–Trinajstić information content (AvgIpc) is 3.34. The molecule has 2 amide bonds. The number of carbonyl (C=O) groups is 1. The van der Waals surface area contributed by atoms with Crippen molar-refractivity contribution in [1.29, 1.82) is 0 Å². The highest BCUT2D eigenvalue weighted by Gasteiger charge is 2.26. The van der Waals surface area contributed by atoms with Gasteiger partial charge in [0.05, 0.1) is 12.0 Å². The van der Waals surface area contributed by atoms with Gasteiger partial charge in [0, 0.05) is 51.0 Å². The fraction of sp³-hybridized carbons (Fsp3) is 0.429. The molecule has 1 aromatic carbocycles. The summed E-state index contributed by atoms with van der Waals surface area (Å²) in [6, 6.07) is 10.5. The molecule has 31 heavy (non-hydrogen) atoms. The Balaban J connectivity index is 1.41. The Morgan fingerprint density at radius 1 is 1.00 bits per heavy atom. The number of rotatable bonds is 5. The Morgan fingerprint density at radius 2 is 1.68 bits per heavy atom. The Hall–Kier alpha value is -3.56. The van der Waals surface area contributed by atoms with Crippen LogP contribution in [0.15, 0.2) is 36.4 Å². The summed E-state index contributed by atoms with van der Waals surface area (Å²) < 4.78 is 5.19. The number of urea groups is 1. The first kappa shape index (κ1) is 20.7. The number of methoxy groups -OCH3 is 1. The molecule has 0 bridgehead atoms. The zero-order valence-corrected chi connectivity index (χ0v) is 17.5. The van der Waals surface area contributed by atoms with Crippen LogP contribution in [0.3, 0.4) is 0 Å². The van der Waals surface area contributed by atoms with Crippen LogP contribution >= 0.6 is 0 Å². The van der Waals surface area contributed by atoms with Gasteiger partial charge in [-0.05, 0) is 43.2 Å². The molecule has 0 unspecified atom stereocenters. The van der Waals surface area contributed by atoms with Gasteiger partial charge in [-0.1, -0.05) is 0 Å². The fourth-order valence-corrected chi connectivity index (χ4v) is 3.94. The standard InChI is InChI=1S/C21H26N6O4/c1-31-17-6-4-16(5-7-17)24-12-14-26(15-13-24)21(28)23-20-18(27(29)30)8-9-19(22-20)25-10-2-3-11-25/h4-9H,2-3,10-15H2,1H3,(H,22,23,28). The van der Waals surface area contributed by atoms with E-state index in [-0.39, 0.29) is 17.5 Å². The number of nitrogens with zero attached hydrogens (tertiary/aromatic N) is 5. The molecule has 1 N–H and O–H groups in total. The molecule has 1 aromatic heterocycles. The van der Waals surface area contributed by atoms with Gasteiger partial charge in [-0.2, -0.15) is 0 Å². The van der Waals surface area contributed by atoms with Crippen molar-refractivity contribution in [2.75, 3.05) is 61.5 Å². The maximum atomic E-state index is 12.8. The number of pyridine rings is 1. The SMILES string of the molecule is COc1ccc(N2CCN(C(=O)Nc3nc(N4CCCC4)ccc3[N+](=O)[O-])CC2)cc1. The lowest BCUT2D eigenvalue weighted by Gasteiger charge is -2.36. The molecule has 2 saturated heterocycles. The zero-order chi connectivity index (χ0) is 21.8. The maximum Gasteiger partial charge on any atom is 0.323 e. The Kier molecular flexibility index (Phi) is 6.06. The minimum absolute atomic E-state index is 0.00279. The molecule has 0 atom stereocenters. The summed E-state index contributed by atoms with van der Waals surface area (Å²) in [7, 11) is 1.63. The van der Waals surface area contributed by atoms with Crippen LogP contribution in [0.4, 0.5) is 27.8 Å². The van der Waals surface area contributed by atoms with E-state index >= 15 is 0 Å². The van der Waals surface area contributed by atoms with E-state index in [4.69, 9.17) is 4.74 Å². The van der Waals surface area contributed by atoms with Gasteiger partial charge < -0.3 is 19.4 Å². The number of hydrogen-bond acceptors (Lipinski definition) is 7. The largest absolute Gasteiger partial charge is 0.497 e. The van der Waals surface area contributed by atoms with Crippen LogP contribution in [0.5, 0.6) is 5.75 Å². The number of aromatic nitrogens is 1. The van der Waals surface area contributed by atoms with Crippen LogP contribution in [-0.4, -0.2) is 67.2 Å². The van der Waals surface area contributed by atoms with Gasteiger partial charge in [-0.15, -0.1) is 0 Å². The molecule has 2 aliphatic rings. The van der Waals surface area contributed by atoms with Gasteiger partial charge in [0.15, 0.2) is 0 Å². The highest BCUT2D eigenvalue weighted by molar-refractivity contribution is 5.91. The van der Waals surface area contributed by atoms with Gasteiger partial charge in [0.1, 0.15) is 11.6 Å². The molecular formula is C21H26N6O4. The van der Waals surface area contributed by atoms with Crippen molar-refractivity contribution in [2.24, 2.45) is 0 Å². The minimum Gasteiger partial charge on any atom is -0.497 e. The molecule has 2 fully saturated rings. The average molecular weight is 426 g/mol. The summed E-state index contributed by atoms with van der Waals surface area (Å²) in [5.74, 6) is 1.45. The number of carbonyl (C=O) groups excluding carboxylic acids is 1. The van der Waals surface area contributed by atoms with Crippen LogP contribution in [-0.2, 0) is 0 Å². The van der Waals surface area contributed by atoms with Crippen LogP contribution < -0.4 is 19.9 Å². The highest BCUT2D eigenvalue weighted by atomic mass is 16.6. The monoisotopic (exact) mass is 426 g/mol. The second-order valence-electron chi connectivity index (χ2n) is 7.59. The summed E-state index contributed by atoms with van der Waals surface area (Å²) in [6.07, 6.45) is 2.14. The number of amides is 2. The predicted octanol–water partition coefficient (Wildman–Crippen LogP) is 2.95. The molecule has 2 aromatic rings. The van der Waals surface area contributed by atoms with Crippen LogP contribution in [0.25, 0.3) is 0 Å². The summed E-state index contributed by atoms with van der Waals surface area (Å²) in [6.45, 7) is 4.10. The van der Waals surface area contributed by atoms with Crippen LogP contribution in [0.2, 0.25) is 0 Å². The van der Waals surface area contributed by atoms with Crippen LogP contribution in [0, 0.1) is 10.1 Å². The molecule has 0 radical (unpaired) electrons. The van der Waals surface area contributed by atoms with Crippen molar-refractivity contribution < 1.29 is 14.5 Å². The Morgan fingerprint density at radius 3 is 2.29 bits per heavy atom. The number of ether oxygens (including phenoxy) is 1. The topological polar surface area (TPSA) is 104 Å². The molecule has 0 saturated carbocycles. The molecule has 10 heteroatoms. The van der Waals surface area contributed by atoms with Gasteiger partial charge in [-0.25, -0.2) is 9.78 Å². The first-order chi connectivity index (χ1) is 15.0. The minimum atomic E-state index is -0.516. The number of nitro groups is 1. The maximum absolute atomic E-state index is 12.8. The van der Waals surface area contributed by atoms with E-state index in [2.05, 4.69) is 20.1 Å². The molecular weight excluding hydrogens is 400 g/mol. The number of piperazine rings is 1. The second-order valence-corrected chi connectivity index (χ2v) is 7.59. The van der Waals surface area contributed by atoms with Crippen molar-refractivity contribution in [2.45, 2.75) is 12.8 Å². The third-order valence-electron chi connectivity index (χ3n) is 5.72. The first-order valence-electron chi connectivity index (χ1n) is 10.4. The van der Waals surface area contributed by atoms with E-state index < -0.39 is 4.92 Å². The summed E-state index contributed by atoms with van der Waals surface area (Å²) in [5, 5.41) is 14.1. The summed E-state index contributed by atoms with van der Waals surface area (Å²) in [5.41, 5.74) is 0.865. The van der Waals surface area contributed by atoms with Crippen molar-refractivity contribution in [3.63, 3.8) is 0 Å². The lowest BCUT2D eigenvalue weighted by molar-refractivity contribution is -0.384. The van der Waals surface area contributed by atoms with Crippen molar-refractivity contribution in [3.8, 4) is 5.75 Å². The number of hydrogen-bond donors (Lipinski definition) is 1. The predicted molar refractivity (Wildman–Crippen MR) is 118 cm³/mol. The van der Waals surface area contributed by atoms with E-state index in [0.29, 0.717) is 32.0 Å². The normalized spacial score (nSPS) is 16.4. The van der Waals surface area contributed by atoms with E-state index in [1.807, 2.05) is 24.3 Å². The molecule has 2 aliphatic heterocycles. The second kappa shape index (κ2) is 9.07. The summed E-state index contributed by atoms with van der Waals surface area (Å²) in [4.78, 5) is 34.0. The van der Waals surface area contributed by atoms with E-state index in [1.165, 1.54) is 6.07 Å². The highest BCUT2D eigenvalue weighted by Crippen LogP contribution is 2.28. The number of anilines is 3. The Labute approximate surface area is 180 Å². The fourth-order valence-electron chi connectivity index (χ4n) is 3.94. The summed E-state index contributed by atoms with van der Waals surface area (Å²) >= 11 is 0. The molecule has 4 rings (SSSR count). The van der Waals surface area contributed by atoms with E-state index in [1.54, 1.807) is 18.1 Å².